The number of fused-ring (bicyclic) bond motifs is 2. The van der Waals surface area contributed by atoms with Gasteiger partial charge in [0.1, 0.15) is 11.8 Å². The first-order chi connectivity index (χ1) is 13.0. The number of nitrogens with zero attached hydrogens (tertiary/aromatic N) is 3. The van der Waals surface area contributed by atoms with Crippen LogP contribution >= 0.6 is 0 Å². The standard InChI is InChI=1S/C20H28N4O3/c1-4-5-7-17-19(26)22-20-21-16-10-9-15(12-14(16)13-24(17)20)27-11-6-8-18(25)23(2)3/h9-10,12,17H,4-8,11,13H2,1-3H3,(H,21,22,26). The minimum absolute atomic E-state index is 0.0389. The van der Waals surface area contributed by atoms with Gasteiger partial charge in [-0.05, 0) is 31.0 Å². The van der Waals surface area contributed by atoms with Gasteiger partial charge in [-0.1, -0.05) is 19.8 Å². The summed E-state index contributed by atoms with van der Waals surface area (Å²) < 4.78 is 5.81. The Morgan fingerprint density at radius 3 is 2.93 bits per heavy atom. The predicted octanol–water partition coefficient (Wildman–Crippen LogP) is 2.43. The Morgan fingerprint density at radius 1 is 1.37 bits per heavy atom. The molecule has 27 heavy (non-hydrogen) atoms. The highest BCUT2D eigenvalue weighted by molar-refractivity contribution is 6.07. The Balaban J connectivity index is 1.61. The highest BCUT2D eigenvalue weighted by Gasteiger charge is 2.38. The van der Waals surface area contributed by atoms with E-state index in [4.69, 9.17) is 4.74 Å². The number of rotatable bonds is 8. The molecule has 0 radical (unpaired) electrons. The van der Waals surface area contributed by atoms with Gasteiger partial charge in [0.25, 0.3) is 0 Å². The van der Waals surface area contributed by atoms with Crippen LogP contribution in [0.5, 0.6) is 5.75 Å². The number of hydrogen-bond donors (Lipinski definition) is 1. The van der Waals surface area contributed by atoms with Crippen LogP contribution < -0.4 is 10.1 Å². The second-order valence-electron chi connectivity index (χ2n) is 7.24. The monoisotopic (exact) mass is 372 g/mol. The lowest BCUT2D eigenvalue weighted by atomic mass is 10.1. The number of amides is 2. The van der Waals surface area contributed by atoms with Crippen molar-refractivity contribution in [3.8, 4) is 5.75 Å². The molecule has 146 valence electrons. The molecule has 1 N–H and O–H groups in total. The Kier molecular flexibility index (Phi) is 5.98. The fraction of sp³-hybridized carbons (Fsp3) is 0.550. The average Bonchev–Trinajstić information content (AvgIpc) is 2.95. The largest absolute Gasteiger partial charge is 0.494 e. The van der Waals surface area contributed by atoms with E-state index >= 15 is 0 Å². The van der Waals surface area contributed by atoms with Crippen molar-refractivity contribution in [2.24, 2.45) is 4.99 Å². The quantitative estimate of drug-likeness (QED) is 0.711. The van der Waals surface area contributed by atoms with Crippen molar-refractivity contribution in [1.82, 2.24) is 15.1 Å². The highest BCUT2D eigenvalue weighted by Crippen LogP contribution is 2.32. The zero-order valence-corrected chi connectivity index (χ0v) is 16.3. The Bertz CT molecular complexity index is 745. The van der Waals surface area contributed by atoms with Crippen LogP contribution in [0.25, 0.3) is 0 Å². The maximum atomic E-state index is 12.3. The molecule has 1 aromatic carbocycles. The maximum absolute atomic E-state index is 12.3. The van der Waals surface area contributed by atoms with Crippen LogP contribution in [0.4, 0.5) is 5.69 Å². The van der Waals surface area contributed by atoms with E-state index in [2.05, 4.69) is 22.1 Å². The zero-order chi connectivity index (χ0) is 19.4. The summed E-state index contributed by atoms with van der Waals surface area (Å²) in [4.78, 5) is 32.1. The Hall–Kier alpha value is -2.57. The molecule has 0 aliphatic carbocycles. The zero-order valence-electron chi connectivity index (χ0n) is 16.3. The number of ether oxygens (including phenoxy) is 1. The smallest absolute Gasteiger partial charge is 0.249 e. The van der Waals surface area contributed by atoms with Crippen molar-refractivity contribution in [2.75, 3.05) is 20.7 Å². The molecular weight excluding hydrogens is 344 g/mol. The van der Waals surface area contributed by atoms with Gasteiger partial charge in [-0.15, -0.1) is 0 Å². The van der Waals surface area contributed by atoms with Crippen LogP contribution in [-0.4, -0.2) is 54.3 Å². The molecular formula is C20H28N4O3. The second-order valence-corrected chi connectivity index (χ2v) is 7.24. The van der Waals surface area contributed by atoms with Gasteiger partial charge in [0.2, 0.25) is 17.8 Å². The summed E-state index contributed by atoms with van der Waals surface area (Å²) in [5.41, 5.74) is 1.92. The molecule has 1 saturated heterocycles. The SMILES string of the molecule is CCCCC1C(=O)NC2=Nc3ccc(OCCCC(=O)N(C)C)cc3CN21. The summed E-state index contributed by atoms with van der Waals surface area (Å²) in [6.45, 7) is 3.27. The van der Waals surface area contributed by atoms with E-state index in [0.29, 0.717) is 32.0 Å². The van der Waals surface area contributed by atoms with E-state index in [1.165, 1.54) is 0 Å². The molecule has 1 fully saturated rings. The topological polar surface area (TPSA) is 74.2 Å². The molecule has 0 spiro atoms. The van der Waals surface area contributed by atoms with Crippen LogP contribution in [0.2, 0.25) is 0 Å². The van der Waals surface area contributed by atoms with Gasteiger partial charge < -0.3 is 14.5 Å². The van der Waals surface area contributed by atoms with Crippen LogP contribution in [-0.2, 0) is 16.1 Å². The molecule has 7 heteroatoms. The number of unbranched alkanes of at least 4 members (excludes halogenated alkanes) is 1. The molecule has 0 aromatic heterocycles. The number of hydrogen-bond acceptors (Lipinski definition) is 5. The normalized spacial score (nSPS) is 17.7. The van der Waals surface area contributed by atoms with Crippen LogP contribution in [0.15, 0.2) is 23.2 Å². The lowest BCUT2D eigenvalue weighted by Gasteiger charge is -2.28. The number of carbonyl (C=O) groups is 2. The van der Waals surface area contributed by atoms with Crippen LogP contribution in [0, 0.1) is 0 Å². The van der Waals surface area contributed by atoms with Crippen molar-refractivity contribution in [3.63, 3.8) is 0 Å². The van der Waals surface area contributed by atoms with E-state index in [9.17, 15) is 9.59 Å². The third kappa shape index (κ3) is 4.40. The van der Waals surface area contributed by atoms with Crippen LogP contribution in [0.3, 0.4) is 0 Å². The minimum Gasteiger partial charge on any atom is -0.494 e. The van der Waals surface area contributed by atoms with Gasteiger partial charge in [0.15, 0.2) is 0 Å². The molecule has 7 nitrogen and oxygen atoms in total. The first-order valence-electron chi connectivity index (χ1n) is 9.61. The maximum Gasteiger partial charge on any atom is 0.249 e. The minimum atomic E-state index is -0.140. The fourth-order valence-corrected chi connectivity index (χ4v) is 3.34. The first-order valence-corrected chi connectivity index (χ1v) is 9.61. The van der Waals surface area contributed by atoms with Gasteiger partial charge in [-0.2, -0.15) is 0 Å². The van der Waals surface area contributed by atoms with Crippen LogP contribution in [0.1, 0.15) is 44.6 Å². The number of carbonyl (C=O) groups excluding carboxylic acids is 2. The Labute approximate surface area is 160 Å². The summed E-state index contributed by atoms with van der Waals surface area (Å²) in [5.74, 6) is 1.57. The van der Waals surface area contributed by atoms with Gasteiger partial charge in [-0.3, -0.25) is 14.9 Å². The fourth-order valence-electron chi connectivity index (χ4n) is 3.34. The molecule has 0 saturated carbocycles. The molecule has 1 unspecified atom stereocenters. The molecule has 3 rings (SSSR count). The van der Waals surface area contributed by atoms with Gasteiger partial charge in [0.05, 0.1) is 12.3 Å². The third-order valence-electron chi connectivity index (χ3n) is 4.94. The summed E-state index contributed by atoms with van der Waals surface area (Å²) in [7, 11) is 3.51. The molecule has 2 heterocycles. The third-order valence-corrected chi connectivity index (χ3v) is 4.94. The van der Waals surface area contributed by atoms with Crippen molar-refractivity contribution < 1.29 is 14.3 Å². The summed E-state index contributed by atoms with van der Waals surface area (Å²) >= 11 is 0. The van der Waals surface area contributed by atoms with Crippen molar-refractivity contribution in [2.45, 2.75) is 51.6 Å². The van der Waals surface area contributed by atoms with Gasteiger partial charge >= 0.3 is 0 Å². The highest BCUT2D eigenvalue weighted by atomic mass is 16.5. The Morgan fingerprint density at radius 2 is 2.19 bits per heavy atom. The lowest BCUT2D eigenvalue weighted by molar-refractivity contribution is -0.129. The van der Waals surface area contributed by atoms with Crippen molar-refractivity contribution in [3.05, 3.63) is 23.8 Å². The summed E-state index contributed by atoms with van der Waals surface area (Å²) in [6, 6.07) is 5.66. The number of guanidine groups is 1. The predicted molar refractivity (Wildman–Crippen MR) is 104 cm³/mol. The van der Waals surface area contributed by atoms with Crippen molar-refractivity contribution in [1.29, 1.82) is 0 Å². The van der Waals surface area contributed by atoms with Gasteiger partial charge in [0, 0.05) is 32.6 Å². The molecule has 2 aliphatic rings. The number of benzene rings is 1. The second kappa shape index (κ2) is 8.41. The molecule has 2 aliphatic heterocycles. The average molecular weight is 372 g/mol. The first kappa shape index (κ1) is 19.2. The molecule has 2 amide bonds. The number of aliphatic imine (C=N–C) groups is 1. The van der Waals surface area contributed by atoms with E-state index in [0.717, 1.165) is 36.3 Å². The lowest BCUT2D eigenvalue weighted by Crippen LogP contribution is -2.36. The van der Waals surface area contributed by atoms with Gasteiger partial charge in [-0.25, -0.2) is 4.99 Å². The molecule has 0 bridgehead atoms. The van der Waals surface area contributed by atoms with E-state index in [1.807, 2.05) is 18.2 Å². The number of nitrogens with one attached hydrogen (secondary N) is 1. The van der Waals surface area contributed by atoms with E-state index in [1.54, 1.807) is 19.0 Å². The van der Waals surface area contributed by atoms with Crippen molar-refractivity contribution >= 4 is 23.5 Å². The summed E-state index contributed by atoms with van der Waals surface area (Å²) in [6.07, 6.45) is 4.08. The molecule has 1 aromatic rings. The van der Waals surface area contributed by atoms with E-state index < -0.39 is 0 Å². The molecule has 1 atom stereocenters. The summed E-state index contributed by atoms with van der Waals surface area (Å²) in [5, 5.41) is 2.90. The van der Waals surface area contributed by atoms with E-state index in [-0.39, 0.29) is 17.9 Å².